The van der Waals surface area contributed by atoms with Crippen molar-refractivity contribution < 1.29 is 0 Å². The van der Waals surface area contributed by atoms with Crippen LogP contribution in [0.1, 0.15) is 32.6 Å². The van der Waals surface area contributed by atoms with Gasteiger partial charge in [0, 0.05) is 19.1 Å². The molecular weight excluding hydrogens is 332 g/mol. The second kappa shape index (κ2) is 6.48. The third-order valence-corrected chi connectivity index (χ3v) is 5.22. The number of nitrogens with one attached hydrogen (secondary N) is 1. The lowest BCUT2D eigenvalue weighted by Gasteiger charge is -2.32. The molecule has 0 bridgehead atoms. The van der Waals surface area contributed by atoms with Crippen molar-refractivity contribution in [3.63, 3.8) is 0 Å². The van der Waals surface area contributed by atoms with Gasteiger partial charge in [-0.3, -0.25) is 4.79 Å². The fourth-order valence-electron chi connectivity index (χ4n) is 3.05. The van der Waals surface area contributed by atoms with Gasteiger partial charge in [0.1, 0.15) is 4.47 Å². The number of hydrogen-bond acceptors (Lipinski definition) is 4. The Balaban J connectivity index is 1.83. The van der Waals surface area contributed by atoms with Crippen molar-refractivity contribution in [2.24, 2.45) is 5.92 Å². The van der Waals surface area contributed by atoms with Crippen LogP contribution in [0.25, 0.3) is 0 Å². The van der Waals surface area contributed by atoms with Crippen LogP contribution >= 0.6 is 15.9 Å². The molecule has 1 aromatic heterocycles. The van der Waals surface area contributed by atoms with Crippen LogP contribution in [-0.2, 0) is 6.54 Å². The molecular formula is C15H23BrN4O. The Morgan fingerprint density at radius 2 is 2.10 bits per heavy atom. The summed E-state index contributed by atoms with van der Waals surface area (Å²) in [6.07, 6.45) is 6.76. The smallest absolute Gasteiger partial charge is 0.283 e. The quantitative estimate of drug-likeness (QED) is 0.878. The normalized spacial score (nSPS) is 19.7. The van der Waals surface area contributed by atoms with Crippen molar-refractivity contribution in [2.75, 3.05) is 24.5 Å². The van der Waals surface area contributed by atoms with Crippen molar-refractivity contribution in [2.45, 2.75) is 45.2 Å². The highest BCUT2D eigenvalue weighted by Gasteiger charge is 2.33. The van der Waals surface area contributed by atoms with Crippen molar-refractivity contribution in [3.05, 3.63) is 21.0 Å². The van der Waals surface area contributed by atoms with E-state index in [4.69, 9.17) is 0 Å². The van der Waals surface area contributed by atoms with Crippen LogP contribution in [0, 0.1) is 5.92 Å². The lowest BCUT2D eigenvalue weighted by atomic mass is 9.97. The zero-order chi connectivity index (χ0) is 14.8. The summed E-state index contributed by atoms with van der Waals surface area (Å²) in [4.78, 5) is 14.7. The largest absolute Gasteiger partial charge is 0.366 e. The van der Waals surface area contributed by atoms with E-state index in [-0.39, 0.29) is 5.56 Å². The lowest BCUT2D eigenvalue weighted by Crippen LogP contribution is -2.38. The molecule has 1 aliphatic heterocycles. The zero-order valence-corrected chi connectivity index (χ0v) is 14.1. The molecule has 0 aromatic carbocycles. The molecule has 2 fully saturated rings. The third-order valence-electron chi connectivity index (χ3n) is 4.48. The van der Waals surface area contributed by atoms with Crippen LogP contribution in [0.5, 0.6) is 0 Å². The van der Waals surface area contributed by atoms with E-state index in [2.05, 4.69) is 31.2 Å². The van der Waals surface area contributed by atoms with E-state index in [1.54, 1.807) is 0 Å². The maximum Gasteiger partial charge on any atom is 0.283 e. The highest BCUT2D eigenvalue weighted by Crippen LogP contribution is 2.35. The van der Waals surface area contributed by atoms with Crippen molar-refractivity contribution in [3.8, 4) is 0 Å². The fraction of sp³-hybridized carbons (Fsp3) is 0.733. The van der Waals surface area contributed by atoms with E-state index in [1.165, 1.54) is 30.4 Å². The Hall–Kier alpha value is -0.880. The van der Waals surface area contributed by atoms with E-state index in [9.17, 15) is 4.79 Å². The van der Waals surface area contributed by atoms with Gasteiger partial charge in [0.05, 0.1) is 11.9 Å². The lowest BCUT2D eigenvalue weighted by molar-refractivity contribution is 0.372. The fourth-order valence-corrected chi connectivity index (χ4v) is 3.59. The topological polar surface area (TPSA) is 50.2 Å². The van der Waals surface area contributed by atoms with Gasteiger partial charge in [-0.2, -0.15) is 5.10 Å². The summed E-state index contributed by atoms with van der Waals surface area (Å²) in [7, 11) is 0. The highest BCUT2D eigenvalue weighted by atomic mass is 79.9. The molecule has 1 N–H and O–H groups in total. The summed E-state index contributed by atoms with van der Waals surface area (Å²) in [6, 6.07) is 0.592. The Kier molecular flexibility index (Phi) is 4.64. The zero-order valence-electron chi connectivity index (χ0n) is 12.5. The summed E-state index contributed by atoms with van der Waals surface area (Å²) >= 11 is 3.51. The summed E-state index contributed by atoms with van der Waals surface area (Å²) in [5, 5.41) is 7.72. The molecule has 21 heavy (non-hydrogen) atoms. The van der Waals surface area contributed by atoms with E-state index in [0.29, 0.717) is 23.0 Å². The SMILES string of the molecule is CCn1ncc(N(CC2CCNCC2)C2CC2)c(Br)c1=O. The number of anilines is 1. The second-order valence-corrected chi connectivity index (χ2v) is 6.83. The summed E-state index contributed by atoms with van der Waals surface area (Å²) in [5.74, 6) is 0.715. The average molecular weight is 355 g/mol. The van der Waals surface area contributed by atoms with Gasteiger partial charge in [-0.05, 0) is 67.5 Å². The molecule has 1 aromatic rings. The Bertz CT molecular complexity index is 549. The van der Waals surface area contributed by atoms with Crippen LogP contribution < -0.4 is 15.8 Å². The van der Waals surface area contributed by atoms with Crippen LogP contribution in [0.4, 0.5) is 5.69 Å². The van der Waals surface area contributed by atoms with E-state index >= 15 is 0 Å². The van der Waals surface area contributed by atoms with Gasteiger partial charge in [-0.15, -0.1) is 0 Å². The van der Waals surface area contributed by atoms with Gasteiger partial charge < -0.3 is 10.2 Å². The Morgan fingerprint density at radius 3 is 2.71 bits per heavy atom. The van der Waals surface area contributed by atoms with Crippen molar-refractivity contribution >= 4 is 21.6 Å². The van der Waals surface area contributed by atoms with Gasteiger partial charge in [0.25, 0.3) is 5.56 Å². The number of hydrogen-bond donors (Lipinski definition) is 1. The summed E-state index contributed by atoms with van der Waals surface area (Å²) in [6.45, 7) is 5.81. The minimum Gasteiger partial charge on any atom is -0.366 e. The maximum absolute atomic E-state index is 12.3. The van der Waals surface area contributed by atoms with Crippen LogP contribution in [0.2, 0.25) is 0 Å². The first-order valence-electron chi connectivity index (χ1n) is 7.93. The summed E-state index contributed by atoms with van der Waals surface area (Å²) in [5.41, 5.74) is 0.955. The first-order chi connectivity index (χ1) is 10.2. The molecule has 0 radical (unpaired) electrons. The van der Waals surface area contributed by atoms with Crippen LogP contribution in [0.3, 0.4) is 0 Å². The Morgan fingerprint density at radius 1 is 1.38 bits per heavy atom. The molecule has 0 unspecified atom stereocenters. The number of nitrogens with zero attached hydrogens (tertiary/aromatic N) is 3. The number of halogens is 1. The first kappa shape index (κ1) is 15.0. The molecule has 0 atom stereocenters. The minimum atomic E-state index is -0.0223. The van der Waals surface area contributed by atoms with Gasteiger partial charge in [0.2, 0.25) is 0 Å². The monoisotopic (exact) mass is 354 g/mol. The molecule has 1 saturated carbocycles. The maximum atomic E-state index is 12.3. The number of aryl methyl sites for hydroxylation is 1. The number of rotatable bonds is 5. The van der Waals surface area contributed by atoms with Crippen molar-refractivity contribution in [1.82, 2.24) is 15.1 Å². The molecule has 0 amide bonds. The number of piperidine rings is 1. The van der Waals surface area contributed by atoms with Gasteiger partial charge in [0.15, 0.2) is 0 Å². The molecule has 3 rings (SSSR count). The van der Waals surface area contributed by atoms with Gasteiger partial charge in [-0.25, -0.2) is 4.68 Å². The Labute approximate surface area is 133 Å². The first-order valence-corrected chi connectivity index (χ1v) is 8.73. The molecule has 2 aliphatic rings. The van der Waals surface area contributed by atoms with Crippen LogP contribution in [0.15, 0.2) is 15.5 Å². The molecule has 116 valence electrons. The van der Waals surface area contributed by atoms with Crippen molar-refractivity contribution in [1.29, 1.82) is 0 Å². The second-order valence-electron chi connectivity index (χ2n) is 6.04. The van der Waals surface area contributed by atoms with Gasteiger partial charge >= 0.3 is 0 Å². The standard InChI is InChI=1S/C15H23BrN4O/c1-2-20-15(21)14(16)13(9-18-20)19(12-3-4-12)10-11-5-7-17-8-6-11/h9,11-12,17H,2-8,10H2,1H3. The molecule has 5 nitrogen and oxygen atoms in total. The summed E-state index contributed by atoms with van der Waals surface area (Å²) < 4.78 is 2.17. The van der Waals surface area contributed by atoms with Crippen LogP contribution in [-0.4, -0.2) is 35.5 Å². The average Bonchev–Trinajstić information content (AvgIpc) is 3.34. The molecule has 1 aliphatic carbocycles. The molecule has 2 heterocycles. The highest BCUT2D eigenvalue weighted by molar-refractivity contribution is 9.10. The minimum absolute atomic E-state index is 0.0223. The van der Waals surface area contributed by atoms with E-state index in [1.807, 2.05) is 13.1 Å². The predicted octanol–water partition coefficient (Wildman–Crippen LogP) is 1.99. The molecule has 1 saturated heterocycles. The molecule has 6 heteroatoms. The van der Waals surface area contributed by atoms with E-state index in [0.717, 1.165) is 25.3 Å². The van der Waals surface area contributed by atoms with Gasteiger partial charge in [-0.1, -0.05) is 0 Å². The third kappa shape index (κ3) is 3.31. The van der Waals surface area contributed by atoms with E-state index < -0.39 is 0 Å². The number of aromatic nitrogens is 2. The molecule has 0 spiro atoms. The predicted molar refractivity (Wildman–Crippen MR) is 87.8 cm³/mol.